The molecule has 1 aliphatic carbocycles. The third-order valence-electron chi connectivity index (χ3n) is 4.46. The number of aromatic nitrogens is 1. The van der Waals surface area contributed by atoms with Gasteiger partial charge in [0, 0.05) is 43.3 Å². The highest BCUT2D eigenvalue weighted by atomic mass is 15.1. The summed E-state index contributed by atoms with van der Waals surface area (Å²) in [7, 11) is 2.25. The van der Waals surface area contributed by atoms with Gasteiger partial charge in [-0.1, -0.05) is 26.7 Å². The second-order valence-corrected chi connectivity index (χ2v) is 6.22. The number of nitrogens with zero attached hydrogens (tertiary/aromatic N) is 2. The molecule has 1 aromatic heterocycles. The fraction of sp³-hybridized carbons (Fsp3) is 0.706. The first-order valence-electron chi connectivity index (χ1n) is 8.08. The highest BCUT2D eigenvalue weighted by molar-refractivity contribution is 5.52. The highest BCUT2D eigenvalue weighted by Crippen LogP contribution is 2.30. The first-order valence-corrected chi connectivity index (χ1v) is 8.08. The maximum Gasteiger partial charge on any atom is 0.0442 e. The van der Waals surface area contributed by atoms with E-state index in [-0.39, 0.29) is 0 Å². The third kappa shape index (κ3) is 3.95. The molecule has 1 N–H and O–H groups in total. The smallest absolute Gasteiger partial charge is 0.0442 e. The summed E-state index contributed by atoms with van der Waals surface area (Å²) in [4.78, 5) is 6.79. The van der Waals surface area contributed by atoms with Crippen LogP contribution in [0, 0.1) is 5.92 Å². The predicted octanol–water partition coefficient (Wildman–Crippen LogP) is 3.60. The largest absolute Gasteiger partial charge is 0.371 e. The molecule has 1 aromatic rings. The summed E-state index contributed by atoms with van der Waals surface area (Å²) < 4.78 is 0. The van der Waals surface area contributed by atoms with E-state index in [1.807, 2.05) is 12.4 Å². The maximum absolute atomic E-state index is 4.30. The van der Waals surface area contributed by atoms with Crippen molar-refractivity contribution in [3.8, 4) is 0 Å². The van der Waals surface area contributed by atoms with Gasteiger partial charge in [0.1, 0.15) is 0 Å². The molecule has 0 spiro atoms. The van der Waals surface area contributed by atoms with Gasteiger partial charge in [-0.05, 0) is 37.8 Å². The number of hydrogen-bond donors (Lipinski definition) is 1. The molecule has 1 heterocycles. The summed E-state index contributed by atoms with van der Waals surface area (Å²) in [5.41, 5.74) is 2.67. The molecule has 1 saturated carbocycles. The van der Waals surface area contributed by atoms with Gasteiger partial charge in [-0.3, -0.25) is 4.98 Å². The van der Waals surface area contributed by atoms with E-state index in [0.717, 1.165) is 19.0 Å². The number of hydrogen-bond acceptors (Lipinski definition) is 3. The molecule has 0 bridgehead atoms. The molecule has 112 valence electrons. The van der Waals surface area contributed by atoms with E-state index in [4.69, 9.17) is 0 Å². The fourth-order valence-electron chi connectivity index (χ4n) is 3.25. The Hall–Kier alpha value is -1.09. The molecule has 2 rings (SSSR count). The first-order chi connectivity index (χ1) is 9.72. The summed E-state index contributed by atoms with van der Waals surface area (Å²) in [6, 6.07) is 2.86. The van der Waals surface area contributed by atoms with Crippen molar-refractivity contribution >= 4 is 5.69 Å². The topological polar surface area (TPSA) is 28.2 Å². The summed E-state index contributed by atoms with van der Waals surface area (Å²) in [5.74, 6) is 0.861. The van der Waals surface area contributed by atoms with E-state index in [1.54, 1.807) is 0 Å². The molecule has 0 aromatic carbocycles. The Kier molecular flexibility index (Phi) is 5.84. The van der Waals surface area contributed by atoms with Crippen molar-refractivity contribution in [3.05, 3.63) is 24.0 Å². The van der Waals surface area contributed by atoms with Crippen molar-refractivity contribution in [2.75, 3.05) is 18.5 Å². The number of rotatable bonds is 6. The molecular weight excluding hydrogens is 246 g/mol. The molecule has 20 heavy (non-hydrogen) atoms. The Morgan fingerprint density at radius 2 is 2.25 bits per heavy atom. The molecule has 0 radical (unpaired) electrons. The second-order valence-electron chi connectivity index (χ2n) is 6.22. The van der Waals surface area contributed by atoms with Gasteiger partial charge >= 0.3 is 0 Å². The van der Waals surface area contributed by atoms with Crippen molar-refractivity contribution in [3.63, 3.8) is 0 Å². The average molecular weight is 275 g/mol. The summed E-state index contributed by atoms with van der Waals surface area (Å²) in [6.07, 6.45) is 10.5. The van der Waals surface area contributed by atoms with Crippen LogP contribution >= 0.6 is 0 Å². The lowest BCUT2D eigenvalue weighted by molar-refractivity contribution is 0.336. The maximum atomic E-state index is 4.30. The Labute approximate surface area is 123 Å². The van der Waals surface area contributed by atoms with E-state index in [1.165, 1.54) is 43.4 Å². The van der Waals surface area contributed by atoms with Gasteiger partial charge in [0.2, 0.25) is 0 Å². The molecule has 3 nitrogen and oxygen atoms in total. The van der Waals surface area contributed by atoms with Crippen LogP contribution in [0.3, 0.4) is 0 Å². The zero-order valence-corrected chi connectivity index (χ0v) is 13.2. The minimum Gasteiger partial charge on any atom is -0.371 e. The van der Waals surface area contributed by atoms with E-state index in [9.17, 15) is 0 Å². The van der Waals surface area contributed by atoms with E-state index < -0.39 is 0 Å². The molecule has 2 unspecified atom stereocenters. The van der Waals surface area contributed by atoms with Crippen molar-refractivity contribution < 1.29 is 0 Å². The van der Waals surface area contributed by atoms with Crippen LogP contribution in [0.5, 0.6) is 0 Å². The standard InChI is InChI=1S/C17H29N3/c1-4-9-18-12-15-13-19-10-8-17(15)20(3)16-7-5-6-14(2)11-16/h8,10,13-14,16,18H,4-7,9,11-12H2,1-3H3. The van der Waals surface area contributed by atoms with E-state index in [0.29, 0.717) is 6.04 Å². The van der Waals surface area contributed by atoms with Crippen molar-refractivity contribution in [1.29, 1.82) is 0 Å². The minimum absolute atomic E-state index is 0.686. The highest BCUT2D eigenvalue weighted by Gasteiger charge is 2.23. The minimum atomic E-state index is 0.686. The zero-order valence-electron chi connectivity index (χ0n) is 13.2. The summed E-state index contributed by atoms with van der Waals surface area (Å²) in [6.45, 7) is 6.57. The first kappa shape index (κ1) is 15.3. The molecule has 0 aliphatic heterocycles. The van der Waals surface area contributed by atoms with Crippen molar-refractivity contribution in [1.82, 2.24) is 10.3 Å². The normalized spacial score (nSPS) is 22.8. The second kappa shape index (κ2) is 7.63. The van der Waals surface area contributed by atoms with Crippen molar-refractivity contribution in [2.24, 2.45) is 5.92 Å². The van der Waals surface area contributed by atoms with Crippen LogP contribution < -0.4 is 10.2 Å². The molecule has 0 amide bonds. The Morgan fingerprint density at radius 3 is 3.00 bits per heavy atom. The summed E-state index contributed by atoms with van der Waals surface area (Å²) in [5, 5.41) is 3.49. The lowest BCUT2D eigenvalue weighted by atomic mass is 9.86. The van der Waals surface area contributed by atoms with E-state index in [2.05, 4.69) is 42.2 Å². The fourth-order valence-corrected chi connectivity index (χ4v) is 3.25. The van der Waals surface area contributed by atoms with E-state index >= 15 is 0 Å². The van der Waals surface area contributed by atoms with Crippen LogP contribution in [0.25, 0.3) is 0 Å². The Bertz CT molecular complexity index is 405. The predicted molar refractivity (Wildman–Crippen MR) is 86.1 cm³/mol. The number of nitrogens with one attached hydrogen (secondary N) is 1. The summed E-state index contributed by atoms with van der Waals surface area (Å²) >= 11 is 0. The van der Waals surface area contributed by atoms with Gasteiger partial charge in [0.15, 0.2) is 0 Å². The van der Waals surface area contributed by atoms with Crippen LogP contribution in [-0.2, 0) is 6.54 Å². The quantitative estimate of drug-likeness (QED) is 0.804. The SMILES string of the molecule is CCCNCc1cnccc1N(C)C1CCCC(C)C1. The Morgan fingerprint density at radius 1 is 1.40 bits per heavy atom. The van der Waals surface area contributed by atoms with Gasteiger partial charge in [-0.25, -0.2) is 0 Å². The lowest BCUT2D eigenvalue weighted by Gasteiger charge is -2.36. The van der Waals surface area contributed by atoms with Gasteiger partial charge in [0.05, 0.1) is 0 Å². The van der Waals surface area contributed by atoms with Crippen LogP contribution in [-0.4, -0.2) is 24.6 Å². The number of anilines is 1. The number of pyridine rings is 1. The van der Waals surface area contributed by atoms with Gasteiger partial charge < -0.3 is 10.2 Å². The van der Waals surface area contributed by atoms with Gasteiger partial charge in [0.25, 0.3) is 0 Å². The Balaban J connectivity index is 2.06. The average Bonchev–Trinajstić information content (AvgIpc) is 2.47. The monoisotopic (exact) mass is 275 g/mol. The van der Waals surface area contributed by atoms with Crippen LogP contribution in [0.4, 0.5) is 5.69 Å². The van der Waals surface area contributed by atoms with Crippen molar-refractivity contribution in [2.45, 2.75) is 58.5 Å². The van der Waals surface area contributed by atoms with Crippen LogP contribution in [0.2, 0.25) is 0 Å². The molecule has 0 saturated heterocycles. The molecular formula is C17H29N3. The molecule has 2 atom stereocenters. The van der Waals surface area contributed by atoms with Gasteiger partial charge in [-0.15, -0.1) is 0 Å². The van der Waals surface area contributed by atoms with Gasteiger partial charge in [-0.2, -0.15) is 0 Å². The zero-order chi connectivity index (χ0) is 14.4. The molecule has 3 heteroatoms. The van der Waals surface area contributed by atoms with Crippen LogP contribution in [0.1, 0.15) is 51.5 Å². The lowest BCUT2D eigenvalue weighted by Crippen LogP contribution is -2.36. The molecule has 1 fully saturated rings. The molecule has 1 aliphatic rings. The third-order valence-corrected chi connectivity index (χ3v) is 4.46. The van der Waals surface area contributed by atoms with Crippen LogP contribution in [0.15, 0.2) is 18.5 Å².